The highest BCUT2D eigenvalue weighted by Gasteiger charge is 2.31. The Hall–Kier alpha value is -3.81. The maximum atomic E-state index is 14.2. The summed E-state index contributed by atoms with van der Waals surface area (Å²) in [7, 11) is 0. The highest BCUT2D eigenvalue weighted by molar-refractivity contribution is 6.32. The van der Waals surface area contributed by atoms with E-state index in [2.05, 4.69) is 15.4 Å². The molecule has 0 aliphatic heterocycles. The van der Waals surface area contributed by atoms with Crippen molar-refractivity contribution in [2.45, 2.75) is 25.4 Å². The molecule has 0 unspecified atom stereocenters. The summed E-state index contributed by atoms with van der Waals surface area (Å²) in [5.41, 5.74) is -0.399. The molecule has 2 N–H and O–H groups in total. The van der Waals surface area contributed by atoms with E-state index in [0.29, 0.717) is 17.4 Å². The molecule has 11 heteroatoms. The largest absolute Gasteiger partial charge is 0.394 e. The highest BCUT2D eigenvalue weighted by Crippen LogP contribution is 2.34. The van der Waals surface area contributed by atoms with Crippen molar-refractivity contribution >= 4 is 28.3 Å². The lowest BCUT2D eigenvalue weighted by molar-refractivity contribution is 0.263. The molecule has 178 valence electrons. The number of aromatic nitrogens is 4. The van der Waals surface area contributed by atoms with Gasteiger partial charge >= 0.3 is 0 Å². The minimum atomic E-state index is -0.753. The first-order valence-corrected chi connectivity index (χ1v) is 11.3. The van der Waals surface area contributed by atoms with Crippen LogP contribution in [0.1, 0.15) is 24.1 Å². The molecule has 3 aromatic heterocycles. The van der Waals surface area contributed by atoms with Crippen LogP contribution in [0.4, 0.5) is 14.6 Å². The Morgan fingerprint density at radius 3 is 2.69 bits per heavy atom. The summed E-state index contributed by atoms with van der Waals surface area (Å²) in [6.45, 7) is -0.350. The average molecular weight is 497 g/mol. The molecule has 1 atom stereocenters. The molecule has 5 rings (SSSR count). The Kier molecular flexibility index (Phi) is 5.96. The van der Waals surface area contributed by atoms with Crippen molar-refractivity contribution in [3.63, 3.8) is 0 Å². The van der Waals surface area contributed by atoms with Gasteiger partial charge in [-0.1, -0.05) is 17.7 Å². The van der Waals surface area contributed by atoms with Gasteiger partial charge in [-0.05, 0) is 37.0 Å². The number of aliphatic hydroxyl groups excluding tert-OH is 1. The standard InChI is InChI=1S/C24H19ClF2N6O2/c25-15-10-29-22(30-19(12-34)13-4-5-13)8-21(15)32-7-6-20-23(24(32)35)18(9-28)31-33(20)11-14-16(26)2-1-3-17(14)27/h1-3,6-8,10,13,19,34H,4-5,11-12H2,(H,29,30)/t19-/m1/s1. The van der Waals surface area contributed by atoms with E-state index < -0.39 is 17.2 Å². The van der Waals surface area contributed by atoms with Gasteiger partial charge in [-0.3, -0.25) is 14.0 Å². The van der Waals surface area contributed by atoms with E-state index in [1.807, 2.05) is 6.07 Å². The van der Waals surface area contributed by atoms with Crippen LogP contribution in [0.25, 0.3) is 16.6 Å². The van der Waals surface area contributed by atoms with Crippen LogP contribution in [0.15, 0.2) is 47.5 Å². The van der Waals surface area contributed by atoms with E-state index in [0.717, 1.165) is 25.0 Å². The zero-order valence-corrected chi connectivity index (χ0v) is 19.0. The lowest BCUT2D eigenvalue weighted by Gasteiger charge is -2.17. The number of rotatable bonds is 7. The van der Waals surface area contributed by atoms with Gasteiger partial charge in [-0.2, -0.15) is 10.4 Å². The topological polar surface area (TPSA) is 109 Å². The third-order valence-corrected chi connectivity index (χ3v) is 6.39. The number of nitrogens with one attached hydrogen (secondary N) is 1. The number of halogens is 3. The van der Waals surface area contributed by atoms with Gasteiger partial charge in [0.15, 0.2) is 5.69 Å². The fraction of sp³-hybridized carbons (Fsp3) is 0.250. The predicted octanol–water partition coefficient (Wildman–Crippen LogP) is 3.62. The first-order chi connectivity index (χ1) is 16.9. The van der Waals surface area contributed by atoms with Crippen LogP contribution in [0.2, 0.25) is 5.02 Å². The summed E-state index contributed by atoms with van der Waals surface area (Å²) >= 11 is 6.35. The summed E-state index contributed by atoms with van der Waals surface area (Å²) in [5, 5.41) is 26.7. The van der Waals surface area contributed by atoms with Crippen LogP contribution in [0.5, 0.6) is 0 Å². The third kappa shape index (κ3) is 4.24. The number of pyridine rings is 2. The Bertz CT molecular complexity index is 1520. The van der Waals surface area contributed by atoms with Crippen molar-refractivity contribution in [3.8, 4) is 11.8 Å². The molecular weight excluding hydrogens is 478 g/mol. The molecule has 1 aliphatic rings. The molecule has 0 radical (unpaired) electrons. The van der Waals surface area contributed by atoms with Crippen LogP contribution in [-0.4, -0.2) is 37.1 Å². The maximum absolute atomic E-state index is 14.2. The number of hydrogen-bond donors (Lipinski definition) is 2. The molecule has 8 nitrogen and oxygen atoms in total. The second kappa shape index (κ2) is 9.09. The van der Waals surface area contributed by atoms with Crippen LogP contribution in [0, 0.1) is 28.9 Å². The fourth-order valence-corrected chi connectivity index (χ4v) is 4.30. The number of nitrogens with zero attached hydrogens (tertiary/aromatic N) is 5. The third-order valence-electron chi connectivity index (χ3n) is 6.10. The normalized spacial score (nSPS) is 14.1. The van der Waals surface area contributed by atoms with Gasteiger partial charge in [-0.25, -0.2) is 13.8 Å². The van der Waals surface area contributed by atoms with Gasteiger partial charge in [0.1, 0.15) is 28.9 Å². The highest BCUT2D eigenvalue weighted by atomic mass is 35.5. The molecular formula is C24H19ClF2N6O2. The Morgan fingerprint density at radius 2 is 2.03 bits per heavy atom. The number of anilines is 1. The lowest BCUT2D eigenvalue weighted by atomic mass is 10.2. The van der Waals surface area contributed by atoms with Crippen molar-refractivity contribution < 1.29 is 13.9 Å². The molecule has 1 aromatic carbocycles. The van der Waals surface area contributed by atoms with E-state index in [9.17, 15) is 23.9 Å². The molecule has 0 spiro atoms. The zero-order valence-electron chi connectivity index (χ0n) is 18.3. The number of nitriles is 1. The number of benzene rings is 1. The van der Waals surface area contributed by atoms with Crippen molar-refractivity contribution in [2.75, 3.05) is 11.9 Å². The van der Waals surface area contributed by atoms with E-state index in [-0.39, 0.29) is 46.4 Å². The van der Waals surface area contributed by atoms with E-state index in [1.165, 1.54) is 33.8 Å². The van der Waals surface area contributed by atoms with Crippen LogP contribution in [-0.2, 0) is 6.54 Å². The maximum Gasteiger partial charge on any atom is 0.267 e. The van der Waals surface area contributed by atoms with E-state index >= 15 is 0 Å². The summed E-state index contributed by atoms with van der Waals surface area (Å²) in [4.78, 5) is 17.7. The summed E-state index contributed by atoms with van der Waals surface area (Å²) < 4.78 is 30.9. The minimum absolute atomic E-state index is 0.000325. The predicted molar refractivity (Wildman–Crippen MR) is 126 cm³/mol. The van der Waals surface area contributed by atoms with Crippen LogP contribution in [0.3, 0.4) is 0 Å². The Labute approximate surface area is 203 Å². The molecule has 1 aliphatic carbocycles. The smallest absolute Gasteiger partial charge is 0.267 e. The number of hydrogen-bond acceptors (Lipinski definition) is 6. The van der Waals surface area contributed by atoms with Crippen molar-refractivity contribution in [1.29, 1.82) is 5.26 Å². The van der Waals surface area contributed by atoms with Crippen LogP contribution >= 0.6 is 11.6 Å². The van der Waals surface area contributed by atoms with Gasteiger partial charge < -0.3 is 10.4 Å². The van der Waals surface area contributed by atoms with Crippen molar-refractivity contribution in [2.24, 2.45) is 5.92 Å². The van der Waals surface area contributed by atoms with Gasteiger partial charge in [-0.15, -0.1) is 0 Å². The number of fused-ring (bicyclic) bond motifs is 1. The molecule has 0 amide bonds. The molecule has 0 bridgehead atoms. The molecule has 0 saturated heterocycles. The summed E-state index contributed by atoms with van der Waals surface area (Å²) in [6, 6.07) is 8.37. The first-order valence-electron chi connectivity index (χ1n) is 10.9. The Morgan fingerprint density at radius 1 is 1.29 bits per heavy atom. The first kappa shape index (κ1) is 23.0. The molecule has 3 heterocycles. The van der Waals surface area contributed by atoms with Crippen molar-refractivity contribution in [1.82, 2.24) is 19.3 Å². The van der Waals surface area contributed by atoms with E-state index in [1.54, 1.807) is 6.07 Å². The fourth-order valence-electron chi connectivity index (χ4n) is 4.10. The second-order valence-corrected chi connectivity index (χ2v) is 8.77. The van der Waals surface area contributed by atoms with Crippen molar-refractivity contribution in [3.05, 3.63) is 81.0 Å². The summed E-state index contributed by atoms with van der Waals surface area (Å²) in [5.74, 6) is -0.704. The molecule has 4 aromatic rings. The number of aliphatic hydroxyl groups is 1. The zero-order chi connectivity index (χ0) is 24.7. The Balaban J connectivity index is 1.58. The SMILES string of the molecule is N#Cc1nn(Cc2c(F)cccc2F)c2ccn(-c3cc(N[C@H](CO)C4CC4)ncc3Cl)c(=O)c12. The molecule has 1 saturated carbocycles. The lowest BCUT2D eigenvalue weighted by Crippen LogP contribution is -2.26. The summed E-state index contributed by atoms with van der Waals surface area (Å²) in [6.07, 6.45) is 4.89. The van der Waals surface area contributed by atoms with E-state index in [4.69, 9.17) is 11.6 Å². The molecule has 1 fully saturated rings. The minimum Gasteiger partial charge on any atom is -0.394 e. The second-order valence-electron chi connectivity index (χ2n) is 8.36. The van der Waals surface area contributed by atoms with Gasteiger partial charge in [0.25, 0.3) is 5.56 Å². The monoisotopic (exact) mass is 496 g/mol. The van der Waals surface area contributed by atoms with Gasteiger partial charge in [0.2, 0.25) is 0 Å². The molecule has 35 heavy (non-hydrogen) atoms. The van der Waals surface area contributed by atoms with Crippen LogP contribution < -0.4 is 10.9 Å². The average Bonchev–Trinajstić information content (AvgIpc) is 3.63. The quantitative estimate of drug-likeness (QED) is 0.404. The van der Waals surface area contributed by atoms with Gasteiger partial charge in [0, 0.05) is 17.8 Å². The van der Waals surface area contributed by atoms with Gasteiger partial charge in [0.05, 0.1) is 41.6 Å².